The minimum atomic E-state index is -3.96. The molecule has 1 unspecified atom stereocenters. The highest BCUT2D eigenvalue weighted by Gasteiger charge is 2.34. The maximum Gasteiger partial charge on any atom is 0.276 e. The molecule has 1 atom stereocenters. The Kier molecular flexibility index (Phi) is 5.65. The van der Waals surface area contributed by atoms with Crippen LogP contribution >= 0.6 is 0 Å². The van der Waals surface area contributed by atoms with Crippen LogP contribution < -0.4 is 14.8 Å². The summed E-state index contributed by atoms with van der Waals surface area (Å²) >= 11 is 0. The molecule has 2 aromatic heterocycles. The summed E-state index contributed by atoms with van der Waals surface area (Å²) in [4.78, 5) is 16.8. The van der Waals surface area contributed by atoms with Crippen LogP contribution in [0, 0.1) is 17.1 Å². The van der Waals surface area contributed by atoms with Crippen LogP contribution in [-0.4, -0.2) is 36.5 Å². The standard InChI is InChI=1S/C21H18FN5O4S/c1-27-11-18-20(19(27)21(28)25-15-4-5-17(22)14(8-15)9-23)31-12-16(26-32(18,29)30)7-13-3-2-6-24-10-13/h2-6,8,10-11,16,26H,7,12H2,1H3,(H,25,28). The molecule has 0 saturated carbocycles. The first-order valence-corrected chi connectivity index (χ1v) is 11.0. The zero-order valence-corrected chi connectivity index (χ0v) is 17.7. The molecule has 3 aromatic rings. The molecule has 11 heteroatoms. The molecule has 0 bridgehead atoms. The number of fused-ring (bicyclic) bond motifs is 1. The van der Waals surface area contributed by atoms with E-state index in [-0.39, 0.29) is 34.2 Å². The van der Waals surface area contributed by atoms with Crippen LogP contribution in [0.3, 0.4) is 0 Å². The number of nitrogens with zero attached hydrogens (tertiary/aromatic N) is 3. The number of carbonyl (C=O) groups excluding carboxylic acids is 1. The molecule has 0 saturated heterocycles. The van der Waals surface area contributed by atoms with Gasteiger partial charge in [0.1, 0.15) is 23.4 Å². The third kappa shape index (κ3) is 4.18. The third-order valence-corrected chi connectivity index (χ3v) is 6.42. The molecule has 0 spiro atoms. The lowest BCUT2D eigenvalue weighted by Crippen LogP contribution is -2.38. The number of nitriles is 1. The Morgan fingerprint density at radius 2 is 2.25 bits per heavy atom. The molecule has 0 aliphatic carbocycles. The van der Waals surface area contributed by atoms with Gasteiger partial charge in [-0.1, -0.05) is 6.07 Å². The predicted octanol–water partition coefficient (Wildman–Crippen LogP) is 1.97. The molecule has 0 radical (unpaired) electrons. The number of pyridine rings is 1. The summed E-state index contributed by atoms with van der Waals surface area (Å²) in [6, 6.07) is 8.28. The number of sulfonamides is 1. The number of amides is 1. The molecule has 1 aromatic carbocycles. The summed E-state index contributed by atoms with van der Waals surface area (Å²) in [5.41, 5.74) is 0.774. The molecule has 1 aliphatic heterocycles. The summed E-state index contributed by atoms with van der Waals surface area (Å²) in [7, 11) is -2.45. The first kappa shape index (κ1) is 21.5. The molecule has 3 heterocycles. The highest BCUT2D eigenvalue weighted by molar-refractivity contribution is 7.89. The smallest absolute Gasteiger partial charge is 0.276 e. The minimum Gasteiger partial charge on any atom is -0.488 e. The van der Waals surface area contributed by atoms with Crippen molar-refractivity contribution < 1.29 is 22.3 Å². The van der Waals surface area contributed by atoms with E-state index in [4.69, 9.17) is 10.00 Å². The summed E-state index contributed by atoms with van der Waals surface area (Å²) in [5, 5.41) is 11.5. The van der Waals surface area contributed by atoms with Crippen molar-refractivity contribution in [1.29, 1.82) is 5.26 Å². The average molecular weight is 455 g/mol. The van der Waals surface area contributed by atoms with Crippen molar-refractivity contribution in [2.24, 2.45) is 7.05 Å². The molecule has 1 amide bonds. The van der Waals surface area contributed by atoms with Crippen molar-refractivity contribution in [1.82, 2.24) is 14.3 Å². The minimum absolute atomic E-state index is 0.000542. The van der Waals surface area contributed by atoms with Gasteiger partial charge in [0.05, 0.1) is 11.6 Å². The zero-order valence-electron chi connectivity index (χ0n) is 16.9. The molecule has 4 rings (SSSR count). The number of ether oxygens (including phenoxy) is 1. The normalized spacial score (nSPS) is 16.8. The molecule has 9 nitrogen and oxygen atoms in total. The quantitative estimate of drug-likeness (QED) is 0.619. The lowest BCUT2D eigenvalue weighted by Gasteiger charge is -2.15. The Morgan fingerprint density at radius 1 is 1.44 bits per heavy atom. The van der Waals surface area contributed by atoms with Crippen molar-refractivity contribution in [3.63, 3.8) is 0 Å². The highest BCUT2D eigenvalue weighted by atomic mass is 32.2. The van der Waals surface area contributed by atoms with Crippen molar-refractivity contribution in [2.45, 2.75) is 17.4 Å². The number of benzene rings is 1. The van der Waals surface area contributed by atoms with Crippen LogP contribution in [0.25, 0.3) is 0 Å². The van der Waals surface area contributed by atoms with E-state index in [9.17, 15) is 17.6 Å². The Labute approximate surface area is 183 Å². The van der Waals surface area contributed by atoms with Gasteiger partial charge in [-0.25, -0.2) is 17.5 Å². The zero-order chi connectivity index (χ0) is 22.9. The fourth-order valence-electron chi connectivity index (χ4n) is 3.45. The number of carbonyl (C=O) groups is 1. The number of hydrogen-bond donors (Lipinski definition) is 2. The SMILES string of the molecule is Cn1cc2c(c1C(=O)Nc1ccc(F)c(C#N)c1)OCC(Cc1cccnc1)NS2(=O)=O. The molecule has 0 fully saturated rings. The average Bonchev–Trinajstić information content (AvgIpc) is 3.05. The van der Waals surface area contributed by atoms with Crippen molar-refractivity contribution >= 4 is 21.6 Å². The number of halogens is 1. The van der Waals surface area contributed by atoms with Gasteiger partial charge in [-0.05, 0) is 36.2 Å². The number of nitrogens with one attached hydrogen (secondary N) is 2. The highest BCUT2D eigenvalue weighted by Crippen LogP contribution is 2.33. The van der Waals surface area contributed by atoms with Gasteiger partial charge in [0.15, 0.2) is 11.4 Å². The maximum absolute atomic E-state index is 13.6. The number of hydrogen-bond acceptors (Lipinski definition) is 6. The van der Waals surface area contributed by atoms with Gasteiger partial charge in [0.2, 0.25) is 10.0 Å². The largest absolute Gasteiger partial charge is 0.488 e. The van der Waals surface area contributed by atoms with Gasteiger partial charge in [0.25, 0.3) is 5.91 Å². The number of rotatable bonds is 4. The van der Waals surface area contributed by atoms with Gasteiger partial charge < -0.3 is 14.6 Å². The number of anilines is 1. The Balaban J connectivity index is 1.62. The van der Waals surface area contributed by atoms with E-state index in [1.54, 1.807) is 24.5 Å². The van der Waals surface area contributed by atoms with Crippen molar-refractivity contribution in [2.75, 3.05) is 11.9 Å². The predicted molar refractivity (Wildman–Crippen MR) is 112 cm³/mol. The third-order valence-electron chi connectivity index (χ3n) is 4.91. The second kappa shape index (κ2) is 8.41. The van der Waals surface area contributed by atoms with Crippen molar-refractivity contribution in [3.05, 3.63) is 71.6 Å². The first-order valence-electron chi connectivity index (χ1n) is 9.53. The fourth-order valence-corrected chi connectivity index (χ4v) is 4.87. The summed E-state index contributed by atoms with van der Waals surface area (Å²) in [6.45, 7) is 0.000542. The molecule has 1 aliphatic rings. The number of aromatic nitrogens is 2. The van der Waals surface area contributed by atoms with Crippen molar-refractivity contribution in [3.8, 4) is 11.8 Å². The van der Waals surface area contributed by atoms with Crippen LogP contribution in [0.15, 0.2) is 53.8 Å². The number of aryl methyl sites for hydroxylation is 1. The Morgan fingerprint density at radius 3 is 2.97 bits per heavy atom. The van der Waals surface area contributed by atoms with E-state index in [2.05, 4.69) is 15.0 Å². The van der Waals surface area contributed by atoms with Crippen LogP contribution in [0.1, 0.15) is 21.6 Å². The van der Waals surface area contributed by atoms with E-state index in [1.807, 2.05) is 6.07 Å². The second-order valence-corrected chi connectivity index (χ2v) is 8.92. The summed E-state index contributed by atoms with van der Waals surface area (Å²) in [6.07, 6.45) is 4.92. The topological polar surface area (TPSA) is 126 Å². The molecule has 2 N–H and O–H groups in total. The van der Waals surface area contributed by atoms with Gasteiger partial charge in [-0.3, -0.25) is 9.78 Å². The fraction of sp³-hybridized carbons (Fsp3) is 0.190. The van der Waals surface area contributed by atoms with E-state index in [1.165, 1.54) is 29.9 Å². The Hall–Kier alpha value is -3.75. The van der Waals surface area contributed by atoms with E-state index in [0.29, 0.717) is 6.42 Å². The monoisotopic (exact) mass is 455 g/mol. The van der Waals surface area contributed by atoms with Crippen LogP contribution in [0.4, 0.5) is 10.1 Å². The lowest BCUT2D eigenvalue weighted by atomic mass is 10.1. The Bertz CT molecular complexity index is 1330. The lowest BCUT2D eigenvalue weighted by molar-refractivity contribution is 0.101. The van der Waals surface area contributed by atoms with Crippen LogP contribution in [0.2, 0.25) is 0 Å². The summed E-state index contributed by atoms with van der Waals surface area (Å²) in [5.74, 6) is -1.45. The second-order valence-electron chi connectivity index (χ2n) is 7.24. The molecule has 164 valence electrons. The maximum atomic E-state index is 13.6. The van der Waals surface area contributed by atoms with Gasteiger partial charge in [0, 0.05) is 31.3 Å². The molecule has 32 heavy (non-hydrogen) atoms. The van der Waals surface area contributed by atoms with Gasteiger partial charge >= 0.3 is 0 Å². The van der Waals surface area contributed by atoms with Gasteiger partial charge in [-0.2, -0.15) is 5.26 Å². The van der Waals surface area contributed by atoms with E-state index >= 15 is 0 Å². The van der Waals surface area contributed by atoms with Gasteiger partial charge in [-0.15, -0.1) is 0 Å². The first-order chi connectivity index (χ1) is 15.3. The van der Waals surface area contributed by atoms with E-state index in [0.717, 1.165) is 11.6 Å². The van der Waals surface area contributed by atoms with Crippen LogP contribution in [0.5, 0.6) is 5.75 Å². The molecular formula is C21H18FN5O4S. The van der Waals surface area contributed by atoms with Crippen LogP contribution in [-0.2, 0) is 23.5 Å². The summed E-state index contributed by atoms with van der Waals surface area (Å²) < 4.78 is 49.2. The molecular weight excluding hydrogens is 437 g/mol. The van der Waals surface area contributed by atoms with E-state index < -0.39 is 27.8 Å².